The lowest BCUT2D eigenvalue weighted by Gasteiger charge is -2.19. The van der Waals surface area contributed by atoms with Crippen molar-refractivity contribution in [1.29, 1.82) is 0 Å². The smallest absolute Gasteiger partial charge is 0.0703 e. The predicted molar refractivity (Wildman–Crippen MR) is 212 cm³/mol. The molecule has 0 N–H and O–H groups in total. The SMILES string of the molecule is c1ccc(-c2ccc(-c3cc(-c4ccccc4)cc(-n4c5ccccc5c5cccc6c7ccccc7n(c7ccccc74)c56)c3)cc2)cc1. The van der Waals surface area contributed by atoms with Gasteiger partial charge >= 0.3 is 0 Å². The van der Waals surface area contributed by atoms with Gasteiger partial charge in [0, 0.05) is 27.2 Å². The molecule has 0 saturated carbocycles. The van der Waals surface area contributed by atoms with E-state index in [9.17, 15) is 0 Å². The first-order valence-electron chi connectivity index (χ1n) is 17.2. The topological polar surface area (TPSA) is 9.34 Å². The molecule has 0 saturated heterocycles. The molecule has 10 aromatic rings. The molecule has 0 spiro atoms. The van der Waals surface area contributed by atoms with Gasteiger partial charge in [-0.15, -0.1) is 0 Å². The highest BCUT2D eigenvalue weighted by Crippen LogP contribution is 2.39. The van der Waals surface area contributed by atoms with E-state index in [-0.39, 0.29) is 0 Å². The first-order chi connectivity index (χ1) is 24.8. The Kier molecular flexibility index (Phi) is 6.53. The highest BCUT2D eigenvalue weighted by Gasteiger charge is 2.17. The zero-order valence-corrected chi connectivity index (χ0v) is 27.4. The van der Waals surface area contributed by atoms with Gasteiger partial charge < -0.3 is 8.97 Å². The Hall–Kier alpha value is -6.64. The van der Waals surface area contributed by atoms with Gasteiger partial charge in [-0.25, -0.2) is 0 Å². The van der Waals surface area contributed by atoms with Crippen molar-refractivity contribution in [2.24, 2.45) is 0 Å². The molecule has 0 aliphatic heterocycles. The lowest BCUT2D eigenvalue weighted by molar-refractivity contribution is 1.16. The van der Waals surface area contributed by atoms with Crippen LogP contribution >= 0.6 is 0 Å². The van der Waals surface area contributed by atoms with Crippen molar-refractivity contribution in [2.45, 2.75) is 0 Å². The molecule has 0 fully saturated rings. The largest absolute Gasteiger partial charge is 0.308 e. The minimum Gasteiger partial charge on any atom is -0.308 e. The maximum atomic E-state index is 2.47. The maximum Gasteiger partial charge on any atom is 0.0703 e. The number of fused-ring (bicyclic) bond motifs is 7. The third-order valence-electron chi connectivity index (χ3n) is 10.1. The first kappa shape index (κ1) is 28.4. The van der Waals surface area contributed by atoms with Crippen molar-refractivity contribution >= 4 is 49.1 Å². The van der Waals surface area contributed by atoms with Gasteiger partial charge in [0.25, 0.3) is 0 Å². The van der Waals surface area contributed by atoms with Crippen LogP contribution in [-0.4, -0.2) is 8.97 Å². The molecule has 10 rings (SSSR count). The van der Waals surface area contributed by atoms with Crippen LogP contribution in [0.2, 0.25) is 0 Å². The average Bonchev–Trinajstić information content (AvgIpc) is 3.53. The molecule has 0 atom stereocenters. The molecule has 0 unspecified atom stereocenters. The molecule has 0 amide bonds. The van der Waals surface area contributed by atoms with Gasteiger partial charge in [0.05, 0.1) is 27.6 Å². The molecule has 0 aliphatic rings. The van der Waals surface area contributed by atoms with Crippen molar-refractivity contribution in [3.63, 3.8) is 0 Å². The summed E-state index contributed by atoms with van der Waals surface area (Å²) in [6.07, 6.45) is 0. The van der Waals surface area contributed by atoms with Gasteiger partial charge in [-0.3, -0.25) is 0 Å². The fraction of sp³-hybridized carbons (Fsp3) is 0. The Morgan fingerprint density at radius 1 is 0.260 bits per heavy atom. The summed E-state index contributed by atoms with van der Waals surface area (Å²) in [5.74, 6) is 0. The fourth-order valence-corrected chi connectivity index (χ4v) is 7.82. The Morgan fingerprint density at radius 3 is 1.30 bits per heavy atom. The first-order valence-corrected chi connectivity index (χ1v) is 17.2. The van der Waals surface area contributed by atoms with Gasteiger partial charge in [-0.1, -0.05) is 152 Å². The summed E-state index contributed by atoms with van der Waals surface area (Å²) in [4.78, 5) is 0. The summed E-state index contributed by atoms with van der Waals surface area (Å²) < 4.78 is 4.94. The van der Waals surface area contributed by atoms with E-state index in [0.29, 0.717) is 0 Å². The second kappa shape index (κ2) is 11.5. The Balaban J connectivity index is 1.34. The minimum atomic E-state index is 1.11. The van der Waals surface area contributed by atoms with Crippen molar-refractivity contribution in [3.05, 3.63) is 194 Å². The van der Waals surface area contributed by atoms with Crippen LogP contribution in [0.25, 0.3) is 88.2 Å². The second-order valence-electron chi connectivity index (χ2n) is 13.0. The average molecular weight is 637 g/mol. The third-order valence-corrected chi connectivity index (χ3v) is 10.1. The number of para-hydroxylation sites is 5. The van der Waals surface area contributed by atoms with Gasteiger partial charge in [0.15, 0.2) is 0 Å². The predicted octanol–water partition coefficient (Wildman–Crippen LogP) is 12.9. The molecule has 50 heavy (non-hydrogen) atoms. The molecule has 2 heteroatoms. The normalized spacial score (nSPS) is 11.6. The maximum absolute atomic E-state index is 2.47. The highest BCUT2D eigenvalue weighted by atomic mass is 15.0. The van der Waals surface area contributed by atoms with Gasteiger partial charge in [0.1, 0.15) is 0 Å². The summed E-state index contributed by atoms with van der Waals surface area (Å²) in [6.45, 7) is 0. The van der Waals surface area contributed by atoms with Gasteiger partial charge in [-0.2, -0.15) is 0 Å². The Morgan fingerprint density at radius 2 is 0.680 bits per heavy atom. The van der Waals surface area contributed by atoms with E-state index in [0.717, 1.165) is 22.2 Å². The van der Waals surface area contributed by atoms with Crippen molar-refractivity contribution < 1.29 is 0 Å². The molecule has 0 bridgehead atoms. The van der Waals surface area contributed by atoms with Crippen LogP contribution in [0.1, 0.15) is 0 Å². The number of benzene rings is 8. The number of hydrogen-bond acceptors (Lipinski definition) is 0. The number of aromatic nitrogens is 2. The van der Waals surface area contributed by atoms with E-state index in [4.69, 9.17) is 0 Å². The van der Waals surface area contributed by atoms with Crippen LogP contribution in [-0.2, 0) is 0 Å². The van der Waals surface area contributed by atoms with Crippen molar-refractivity contribution in [2.75, 3.05) is 0 Å². The van der Waals surface area contributed by atoms with E-state index in [1.807, 2.05) is 0 Å². The summed E-state index contributed by atoms with van der Waals surface area (Å²) >= 11 is 0. The van der Waals surface area contributed by atoms with Crippen LogP contribution in [0.5, 0.6) is 0 Å². The quantitative estimate of drug-likeness (QED) is 0.182. The molecule has 0 aliphatic carbocycles. The molecular weight excluding hydrogens is 605 g/mol. The molecule has 8 aromatic carbocycles. The zero-order valence-electron chi connectivity index (χ0n) is 27.4. The molecular formula is C48H32N2. The molecule has 2 heterocycles. The highest BCUT2D eigenvalue weighted by molar-refractivity contribution is 6.20. The monoisotopic (exact) mass is 636 g/mol. The summed E-state index contributed by atoms with van der Waals surface area (Å²) in [7, 11) is 0. The van der Waals surface area contributed by atoms with Crippen LogP contribution in [0.4, 0.5) is 0 Å². The van der Waals surface area contributed by atoms with Crippen LogP contribution < -0.4 is 0 Å². The number of rotatable bonds is 4. The lowest BCUT2D eigenvalue weighted by atomic mass is 9.96. The zero-order chi connectivity index (χ0) is 33.0. The summed E-state index contributed by atoms with van der Waals surface area (Å²) in [5.41, 5.74) is 14.2. The van der Waals surface area contributed by atoms with Crippen LogP contribution in [0.3, 0.4) is 0 Å². The van der Waals surface area contributed by atoms with E-state index in [1.54, 1.807) is 0 Å². The fourth-order valence-electron chi connectivity index (χ4n) is 7.82. The van der Waals surface area contributed by atoms with Crippen molar-refractivity contribution in [3.8, 4) is 39.1 Å². The minimum absolute atomic E-state index is 1.11. The second-order valence-corrected chi connectivity index (χ2v) is 13.0. The van der Waals surface area contributed by atoms with Crippen LogP contribution in [0, 0.1) is 0 Å². The van der Waals surface area contributed by atoms with E-state index in [1.165, 1.54) is 66.0 Å². The van der Waals surface area contributed by atoms with E-state index < -0.39 is 0 Å². The van der Waals surface area contributed by atoms with E-state index in [2.05, 4.69) is 203 Å². The van der Waals surface area contributed by atoms with Crippen LogP contribution in [0.15, 0.2) is 194 Å². The summed E-state index contributed by atoms with van der Waals surface area (Å²) in [6, 6.07) is 70.6. The Labute approximate surface area is 290 Å². The van der Waals surface area contributed by atoms with Crippen molar-refractivity contribution in [1.82, 2.24) is 8.97 Å². The van der Waals surface area contributed by atoms with E-state index >= 15 is 0 Å². The Bertz CT molecular complexity index is 2890. The molecule has 0 radical (unpaired) electrons. The third kappa shape index (κ3) is 4.50. The molecule has 234 valence electrons. The summed E-state index contributed by atoms with van der Waals surface area (Å²) in [5, 5.41) is 4.96. The lowest BCUT2D eigenvalue weighted by Crippen LogP contribution is -2.02. The standard InChI is InChI=1S/C48H32N2/c1-3-14-33(15-4-1)35-26-28-36(29-27-35)38-30-37(34-16-5-2-6-17-34)31-39(32-38)49-44-22-9-7-18-40(44)42-20-13-21-43-41-19-8-10-23-45(41)50(48(42)43)47-25-12-11-24-46(47)49/h1-32H. The number of nitrogens with zero attached hydrogens (tertiary/aromatic N) is 2. The molecule has 2 nitrogen and oxygen atoms in total. The van der Waals surface area contributed by atoms with Gasteiger partial charge in [-0.05, 0) is 75.8 Å². The van der Waals surface area contributed by atoms with Gasteiger partial charge in [0.2, 0.25) is 0 Å². The number of hydrogen-bond donors (Lipinski definition) is 0. The molecule has 2 aromatic heterocycles.